The number of hydrogen-bond donors (Lipinski definition) is 0. The first kappa shape index (κ1) is 13.5. The van der Waals surface area contributed by atoms with Gasteiger partial charge in [-0.25, -0.2) is 8.42 Å². The van der Waals surface area contributed by atoms with Crippen molar-refractivity contribution < 1.29 is 8.42 Å². The Morgan fingerprint density at radius 3 is 2.33 bits per heavy atom. The fraction of sp³-hybridized carbons (Fsp3) is 0.750. The van der Waals surface area contributed by atoms with Crippen LogP contribution in [0.2, 0.25) is 0 Å². The summed E-state index contributed by atoms with van der Waals surface area (Å²) in [4.78, 5) is 0. The molecule has 0 aromatic carbocycles. The Morgan fingerprint density at radius 2 is 1.94 bits per heavy atom. The van der Waals surface area contributed by atoms with E-state index in [2.05, 4.69) is 18.9 Å². The third kappa shape index (κ3) is 1.87. The average Bonchev–Trinajstić information content (AvgIpc) is 2.74. The van der Waals surface area contributed by atoms with Crippen LogP contribution in [0, 0.1) is 18.8 Å². The highest BCUT2D eigenvalue weighted by molar-refractivity contribution is 7.89. The zero-order valence-corrected chi connectivity index (χ0v) is 12.4. The normalized spacial score (nSPS) is 29.9. The third-order valence-electron chi connectivity index (χ3n) is 4.19. The van der Waals surface area contributed by atoms with Gasteiger partial charge in [0.15, 0.2) is 5.03 Å². The second-order valence-electron chi connectivity index (χ2n) is 5.41. The largest absolute Gasteiger partial charge is 0.260 e. The molecule has 6 heteroatoms. The van der Waals surface area contributed by atoms with Gasteiger partial charge in [-0.05, 0) is 25.7 Å². The molecule has 2 heterocycles. The van der Waals surface area contributed by atoms with Crippen LogP contribution in [0.25, 0.3) is 0 Å². The van der Waals surface area contributed by atoms with Gasteiger partial charge in [-0.2, -0.15) is 9.40 Å². The van der Waals surface area contributed by atoms with Crippen molar-refractivity contribution in [3.63, 3.8) is 0 Å². The van der Waals surface area contributed by atoms with Crippen LogP contribution in [0.15, 0.2) is 11.2 Å². The first-order valence-electron chi connectivity index (χ1n) is 6.27. The van der Waals surface area contributed by atoms with Crippen LogP contribution >= 0.6 is 0 Å². The van der Waals surface area contributed by atoms with E-state index >= 15 is 0 Å². The molecule has 102 valence electrons. The molecule has 3 unspecified atom stereocenters. The Hall–Kier alpha value is -0.880. The van der Waals surface area contributed by atoms with Crippen molar-refractivity contribution in [2.24, 2.45) is 18.9 Å². The molecule has 2 rings (SSSR count). The van der Waals surface area contributed by atoms with Crippen molar-refractivity contribution in [1.29, 1.82) is 0 Å². The molecule has 0 radical (unpaired) electrons. The molecule has 3 atom stereocenters. The molecular weight excluding hydrogens is 250 g/mol. The Balaban J connectivity index is 2.45. The fourth-order valence-electron chi connectivity index (χ4n) is 2.69. The maximum Gasteiger partial charge on any atom is 0.260 e. The molecule has 1 aromatic heterocycles. The number of sulfonamides is 1. The topological polar surface area (TPSA) is 55.2 Å². The highest BCUT2D eigenvalue weighted by Crippen LogP contribution is 2.34. The number of hydrogen-bond acceptors (Lipinski definition) is 3. The highest BCUT2D eigenvalue weighted by atomic mass is 32.2. The van der Waals surface area contributed by atoms with Gasteiger partial charge >= 0.3 is 0 Å². The number of rotatable bonds is 2. The van der Waals surface area contributed by atoms with E-state index in [1.54, 1.807) is 24.5 Å². The van der Waals surface area contributed by atoms with Crippen molar-refractivity contribution >= 4 is 10.0 Å². The smallest absolute Gasteiger partial charge is 0.256 e. The summed E-state index contributed by atoms with van der Waals surface area (Å²) in [5, 5.41) is 4.34. The van der Waals surface area contributed by atoms with E-state index in [-0.39, 0.29) is 6.04 Å². The van der Waals surface area contributed by atoms with Gasteiger partial charge in [-0.15, -0.1) is 0 Å². The first-order valence-corrected chi connectivity index (χ1v) is 7.71. The summed E-state index contributed by atoms with van der Waals surface area (Å²) in [6, 6.07) is 0.0410. The van der Waals surface area contributed by atoms with E-state index < -0.39 is 10.0 Å². The summed E-state index contributed by atoms with van der Waals surface area (Å²) in [5.41, 5.74) is 0.705. The van der Waals surface area contributed by atoms with Crippen molar-refractivity contribution in [2.75, 3.05) is 6.54 Å². The maximum atomic E-state index is 12.7. The van der Waals surface area contributed by atoms with Gasteiger partial charge in [0.05, 0.1) is 6.20 Å². The summed E-state index contributed by atoms with van der Waals surface area (Å²) in [6.07, 6.45) is 1.60. The zero-order chi connectivity index (χ0) is 13.7. The molecule has 1 aliphatic heterocycles. The molecule has 1 saturated heterocycles. The van der Waals surface area contributed by atoms with Gasteiger partial charge in [0.1, 0.15) is 0 Å². The minimum Gasteiger partial charge on any atom is -0.256 e. The zero-order valence-electron chi connectivity index (χ0n) is 11.6. The van der Waals surface area contributed by atoms with Crippen molar-refractivity contribution in [3.05, 3.63) is 11.8 Å². The number of nitrogens with zero attached hydrogens (tertiary/aromatic N) is 3. The van der Waals surface area contributed by atoms with Crippen LogP contribution in [0.4, 0.5) is 0 Å². The highest BCUT2D eigenvalue weighted by Gasteiger charge is 2.42. The summed E-state index contributed by atoms with van der Waals surface area (Å²) >= 11 is 0. The summed E-state index contributed by atoms with van der Waals surface area (Å²) in [6.45, 7) is 8.58. The molecule has 0 saturated carbocycles. The van der Waals surface area contributed by atoms with E-state index in [9.17, 15) is 8.42 Å². The predicted molar refractivity (Wildman–Crippen MR) is 69.6 cm³/mol. The monoisotopic (exact) mass is 271 g/mol. The Labute approximate surface area is 109 Å². The molecule has 1 fully saturated rings. The Kier molecular flexibility index (Phi) is 3.27. The lowest BCUT2D eigenvalue weighted by atomic mass is 9.95. The van der Waals surface area contributed by atoms with Gasteiger partial charge in [-0.1, -0.05) is 13.8 Å². The van der Waals surface area contributed by atoms with E-state index in [4.69, 9.17) is 0 Å². The van der Waals surface area contributed by atoms with Gasteiger partial charge in [0, 0.05) is 25.2 Å². The van der Waals surface area contributed by atoms with Crippen molar-refractivity contribution in [1.82, 2.24) is 14.1 Å². The second kappa shape index (κ2) is 4.35. The lowest BCUT2D eigenvalue weighted by Gasteiger charge is -2.23. The average molecular weight is 271 g/mol. The van der Waals surface area contributed by atoms with E-state index in [1.807, 2.05) is 6.92 Å². The molecule has 0 amide bonds. The minimum absolute atomic E-state index is 0.0410. The maximum absolute atomic E-state index is 12.7. The molecule has 1 aromatic rings. The summed E-state index contributed by atoms with van der Waals surface area (Å²) in [5.74, 6) is 0.775. The summed E-state index contributed by atoms with van der Waals surface area (Å²) in [7, 11) is -1.76. The van der Waals surface area contributed by atoms with E-state index in [0.29, 0.717) is 29.0 Å². The molecule has 0 aliphatic carbocycles. The molecule has 1 aliphatic rings. The van der Waals surface area contributed by atoms with Crippen molar-refractivity contribution in [3.8, 4) is 0 Å². The lowest BCUT2D eigenvalue weighted by molar-refractivity contribution is 0.363. The summed E-state index contributed by atoms with van der Waals surface area (Å²) < 4.78 is 28.5. The SMILES string of the molecule is Cc1cnn(C)c1S(=O)(=O)N1CC(C)C(C)C1C. The quantitative estimate of drug-likeness (QED) is 0.817. The first-order chi connectivity index (χ1) is 8.26. The number of aromatic nitrogens is 2. The van der Waals surface area contributed by atoms with Crippen LogP contribution in [0.3, 0.4) is 0 Å². The molecule has 0 N–H and O–H groups in total. The Bertz CT molecular complexity index is 530. The second-order valence-corrected chi connectivity index (χ2v) is 7.21. The van der Waals surface area contributed by atoms with Gasteiger partial charge in [0.2, 0.25) is 0 Å². The fourth-order valence-corrected chi connectivity index (χ4v) is 4.81. The van der Waals surface area contributed by atoms with Crippen LogP contribution in [0.1, 0.15) is 26.3 Å². The lowest BCUT2D eigenvalue weighted by Crippen LogP contribution is -2.36. The Morgan fingerprint density at radius 1 is 1.33 bits per heavy atom. The standard InChI is InChI=1S/C12H21N3O2S/c1-8-6-13-14(5)12(8)18(16,17)15-7-9(2)10(3)11(15)4/h6,9-11H,7H2,1-5H3. The van der Waals surface area contributed by atoms with Crippen LogP contribution in [-0.2, 0) is 17.1 Å². The van der Waals surface area contributed by atoms with Crippen molar-refractivity contribution in [2.45, 2.75) is 38.8 Å². The third-order valence-corrected chi connectivity index (χ3v) is 6.36. The van der Waals surface area contributed by atoms with Gasteiger partial charge in [0.25, 0.3) is 10.0 Å². The van der Waals surface area contributed by atoms with Crippen LogP contribution < -0.4 is 0 Å². The number of aryl methyl sites for hydroxylation is 2. The molecule has 5 nitrogen and oxygen atoms in total. The molecule has 0 bridgehead atoms. The molecule has 0 spiro atoms. The van der Waals surface area contributed by atoms with Gasteiger partial charge in [-0.3, -0.25) is 4.68 Å². The van der Waals surface area contributed by atoms with E-state index in [1.165, 1.54) is 4.68 Å². The molecular formula is C12H21N3O2S. The van der Waals surface area contributed by atoms with Crippen LogP contribution in [-0.4, -0.2) is 35.1 Å². The van der Waals surface area contributed by atoms with E-state index in [0.717, 1.165) is 0 Å². The predicted octanol–water partition coefficient (Wildman–Crippen LogP) is 1.39. The van der Waals surface area contributed by atoms with Gasteiger partial charge < -0.3 is 0 Å². The minimum atomic E-state index is -3.44. The molecule has 18 heavy (non-hydrogen) atoms. The van der Waals surface area contributed by atoms with Crippen LogP contribution in [0.5, 0.6) is 0 Å².